The smallest absolute Gasteiger partial charge is 0.256 e. The fraction of sp³-hybridized carbons (Fsp3) is 0.333. The molecular formula is C21H25N3O3. The van der Waals surface area contributed by atoms with Crippen LogP contribution in [0.2, 0.25) is 0 Å². The van der Waals surface area contributed by atoms with Crippen molar-refractivity contribution in [2.45, 2.75) is 26.1 Å². The monoisotopic (exact) mass is 367 g/mol. The van der Waals surface area contributed by atoms with Crippen molar-refractivity contribution in [3.05, 3.63) is 65.2 Å². The molecule has 0 aromatic heterocycles. The van der Waals surface area contributed by atoms with E-state index in [4.69, 9.17) is 4.74 Å². The van der Waals surface area contributed by atoms with Gasteiger partial charge in [0.25, 0.3) is 11.8 Å². The Morgan fingerprint density at radius 3 is 2.52 bits per heavy atom. The Balaban J connectivity index is 1.76. The molecule has 0 saturated heterocycles. The molecule has 0 spiro atoms. The van der Waals surface area contributed by atoms with Crippen LogP contribution in [0, 0.1) is 0 Å². The van der Waals surface area contributed by atoms with Gasteiger partial charge in [-0.15, -0.1) is 0 Å². The molecule has 2 aromatic carbocycles. The number of carbonyl (C=O) groups excluding carboxylic acids is 2. The van der Waals surface area contributed by atoms with Gasteiger partial charge in [0.2, 0.25) is 0 Å². The van der Waals surface area contributed by atoms with Crippen LogP contribution in [0.4, 0.5) is 5.69 Å². The van der Waals surface area contributed by atoms with Crippen LogP contribution < -0.4 is 10.6 Å². The Labute approximate surface area is 159 Å². The molecule has 1 atom stereocenters. The van der Waals surface area contributed by atoms with E-state index in [0.29, 0.717) is 18.7 Å². The molecule has 0 bridgehead atoms. The third-order valence-corrected chi connectivity index (χ3v) is 4.60. The second-order valence-corrected chi connectivity index (χ2v) is 6.77. The lowest BCUT2D eigenvalue weighted by atomic mass is 10.1. The van der Waals surface area contributed by atoms with Crippen molar-refractivity contribution in [2.24, 2.45) is 0 Å². The first-order chi connectivity index (χ1) is 13.0. The molecule has 1 aliphatic rings. The molecule has 1 heterocycles. The Morgan fingerprint density at radius 2 is 1.85 bits per heavy atom. The van der Waals surface area contributed by atoms with Gasteiger partial charge in [0.05, 0.1) is 6.61 Å². The Morgan fingerprint density at radius 1 is 1.15 bits per heavy atom. The topological polar surface area (TPSA) is 70.7 Å². The highest BCUT2D eigenvalue weighted by molar-refractivity contribution is 5.99. The van der Waals surface area contributed by atoms with E-state index in [1.165, 1.54) is 0 Å². The molecule has 2 aromatic rings. The van der Waals surface area contributed by atoms with Gasteiger partial charge in [-0.25, -0.2) is 0 Å². The van der Waals surface area contributed by atoms with Crippen molar-refractivity contribution < 1.29 is 14.3 Å². The molecular weight excluding hydrogens is 342 g/mol. The zero-order chi connectivity index (χ0) is 19.4. The van der Waals surface area contributed by atoms with Gasteiger partial charge in [-0.05, 0) is 44.2 Å². The van der Waals surface area contributed by atoms with Gasteiger partial charge in [-0.2, -0.15) is 0 Å². The molecule has 3 rings (SSSR count). The van der Waals surface area contributed by atoms with Crippen LogP contribution in [0.5, 0.6) is 0 Å². The highest BCUT2D eigenvalue weighted by atomic mass is 16.5. The fourth-order valence-electron chi connectivity index (χ4n) is 3.26. The lowest BCUT2D eigenvalue weighted by Gasteiger charge is -2.30. The maximum absolute atomic E-state index is 12.7. The largest absolute Gasteiger partial charge is 0.383 e. The number of fused-ring (bicyclic) bond motifs is 1. The Kier molecular flexibility index (Phi) is 5.76. The van der Waals surface area contributed by atoms with Crippen molar-refractivity contribution in [1.82, 2.24) is 10.2 Å². The Hall–Kier alpha value is -2.86. The molecule has 1 aliphatic heterocycles. The number of nitrogens with zero attached hydrogens (tertiary/aromatic N) is 1. The van der Waals surface area contributed by atoms with E-state index in [0.717, 1.165) is 16.8 Å². The summed E-state index contributed by atoms with van der Waals surface area (Å²) in [6.45, 7) is 4.96. The highest BCUT2D eigenvalue weighted by Gasteiger charge is 2.37. The third-order valence-electron chi connectivity index (χ3n) is 4.60. The van der Waals surface area contributed by atoms with E-state index in [9.17, 15) is 9.59 Å². The number of amides is 2. The minimum Gasteiger partial charge on any atom is -0.383 e. The van der Waals surface area contributed by atoms with Crippen LogP contribution >= 0.6 is 0 Å². The van der Waals surface area contributed by atoms with Gasteiger partial charge in [0, 0.05) is 42.1 Å². The van der Waals surface area contributed by atoms with Gasteiger partial charge in [0.1, 0.15) is 6.17 Å². The van der Waals surface area contributed by atoms with Crippen molar-refractivity contribution in [3.63, 3.8) is 0 Å². The first-order valence-electron chi connectivity index (χ1n) is 9.08. The number of carbonyl (C=O) groups is 2. The predicted molar refractivity (Wildman–Crippen MR) is 105 cm³/mol. The molecule has 0 radical (unpaired) electrons. The molecule has 0 unspecified atom stereocenters. The lowest BCUT2D eigenvalue weighted by molar-refractivity contribution is 0.0685. The van der Waals surface area contributed by atoms with E-state index >= 15 is 0 Å². The minimum atomic E-state index is -0.227. The van der Waals surface area contributed by atoms with Crippen molar-refractivity contribution in [3.8, 4) is 0 Å². The molecule has 0 aliphatic carbocycles. The summed E-state index contributed by atoms with van der Waals surface area (Å²) in [5, 5.41) is 6.23. The summed E-state index contributed by atoms with van der Waals surface area (Å²) in [4.78, 5) is 26.7. The zero-order valence-electron chi connectivity index (χ0n) is 15.9. The van der Waals surface area contributed by atoms with Crippen LogP contribution in [-0.4, -0.2) is 43.0 Å². The second kappa shape index (κ2) is 8.22. The van der Waals surface area contributed by atoms with Crippen molar-refractivity contribution in [1.29, 1.82) is 0 Å². The number of hydrogen-bond acceptors (Lipinski definition) is 4. The van der Waals surface area contributed by atoms with Gasteiger partial charge < -0.3 is 20.3 Å². The molecule has 0 saturated carbocycles. The van der Waals surface area contributed by atoms with Crippen molar-refractivity contribution in [2.75, 3.05) is 25.6 Å². The third kappa shape index (κ3) is 3.95. The lowest BCUT2D eigenvalue weighted by Crippen LogP contribution is -2.37. The summed E-state index contributed by atoms with van der Waals surface area (Å²) >= 11 is 0. The number of ether oxygens (including phenoxy) is 1. The molecule has 6 nitrogen and oxygen atoms in total. The van der Waals surface area contributed by atoms with E-state index in [2.05, 4.69) is 10.6 Å². The maximum atomic E-state index is 12.7. The number of nitrogens with one attached hydrogen (secondary N) is 2. The van der Waals surface area contributed by atoms with Crippen molar-refractivity contribution >= 4 is 17.5 Å². The van der Waals surface area contributed by atoms with Gasteiger partial charge >= 0.3 is 0 Å². The Bertz CT molecular complexity index is 818. The molecule has 6 heteroatoms. The number of hydrogen-bond donors (Lipinski definition) is 2. The fourth-order valence-corrected chi connectivity index (χ4v) is 3.26. The summed E-state index contributed by atoms with van der Waals surface area (Å²) in [5.41, 5.74) is 3.14. The van der Waals surface area contributed by atoms with E-state index < -0.39 is 0 Å². The van der Waals surface area contributed by atoms with Gasteiger partial charge in [-0.3, -0.25) is 9.59 Å². The molecule has 142 valence electrons. The van der Waals surface area contributed by atoms with Crippen LogP contribution in [0.1, 0.15) is 46.3 Å². The summed E-state index contributed by atoms with van der Waals surface area (Å²) in [5.74, 6) is -0.101. The summed E-state index contributed by atoms with van der Waals surface area (Å²) in [6.07, 6.45) is -0.227. The number of rotatable bonds is 7. The molecule has 0 fully saturated rings. The quantitative estimate of drug-likeness (QED) is 0.738. The van der Waals surface area contributed by atoms with Crippen LogP contribution in [0.15, 0.2) is 48.5 Å². The summed E-state index contributed by atoms with van der Waals surface area (Å²) in [6, 6.07) is 15.0. The second-order valence-electron chi connectivity index (χ2n) is 6.77. The van der Waals surface area contributed by atoms with Crippen LogP contribution in [0.3, 0.4) is 0 Å². The number of methoxy groups -OCH3 is 1. The summed E-state index contributed by atoms with van der Waals surface area (Å²) in [7, 11) is 1.60. The number of benzene rings is 2. The zero-order valence-corrected chi connectivity index (χ0v) is 15.9. The van der Waals surface area contributed by atoms with Crippen LogP contribution in [-0.2, 0) is 4.74 Å². The van der Waals surface area contributed by atoms with E-state index in [1.54, 1.807) is 19.2 Å². The van der Waals surface area contributed by atoms with E-state index in [-0.39, 0.29) is 24.0 Å². The normalized spacial score (nSPS) is 15.8. The van der Waals surface area contributed by atoms with Crippen LogP contribution in [0.25, 0.3) is 0 Å². The molecule has 2 N–H and O–H groups in total. The summed E-state index contributed by atoms with van der Waals surface area (Å²) < 4.78 is 4.93. The average molecular weight is 367 g/mol. The molecule has 27 heavy (non-hydrogen) atoms. The molecule has 2 amide bonds. The average Bonchev–Trinajstić information content (AvgIpc) is 2.95. The van der Waals surface area contributed by atoms with Gasteiger partial charge in [-0.1, -0.05) is 18.2 Å². The highest BCUT2D eigenvalue weighted by Crippen LogP contribution is 2.35. The van der Waals surface area contributed by atoms with Gasteiger partial charge in [0.15, 0.2) is 0 Å². The SMILES string of the molecule is COCCNC(=O)c1ccc(N[C@H]2c3ccccc3C(=O)N2C(C)C)cc1. The maximum Gasteiger partial charge on any atom is 0.256 e. The first kappa shape index (κ1) is 18.9. The first-order valence-corrected chi connectivity index (χ1v) is 9.08. The standard InChI is InChI=1S/C21H25N3O3/c1-14(2)24-19(17-6-4-5-7-18(17)21(24)26)23-16-10-8-15(9-11-16)20(25)22-12-13-27-3/h4-11,14,19,23H,12-13H2,1-3H3,(H,22,25)/t19-/m1/s1. The predicted octanol–water partition coefficient (Wildman–Crippen LogP) is 3.04. The minimum absolute atomic E-state index is 0.0345. The van der Waals surface area contributed by atoms with E-state index in [1.807, 2.05) is 55.1 Å². The number of anilines is 1.